The third kappa shape index (κ3) is 3.75. The van der Waals surface area contributed by atoms with Gasteiger partial charge in [-0.1, -0.05) is 51.7 Å². The van der Waals surface area contributed by atoms with Crippen molar-refractivity contribution in [2.45, 2.75) is 117 Å². The van der Waals surface area contributed by atoms with Crippen LogP contribution in [0.4, 0.5) is 0 Å². The van der Waals surface area contributed by atoms with Crippen LogP contribution in [0.25, 0.3) is 0 Å². The number of aliphatic hydroxyl groups is 2. The fourth-order valence-electron chi connectivity index (χ4n) is 8.82. The molecular formula is C27H46O2. The van der Waals surface area contributed by atoms with Crippen molar-refractivity contribution in [3.63, 3.8) is 0 Å². The van der Waals surface area contributed by atoms with Crippen LogP contribution in [0, 0.1) is 40.4 Å². The highest BCUT2D eigenvalue weighted by atomic mass is 16.3. The summed E-state index contributed by atoms with van der Waals surface area (Å²) in [6, 6.07) is 0. The molecule has 3 fully saturated rings. The van der Waals surface area contributed by atoms with E-state index in [-0.39, 0.29) is 6.10 Å². The monoisotopic (exact) mass is 402 g/mol. The number of aliphatic hydroxyl groups excluding tert-OH is 1. The summed E-state index contributed by atoms with van der Waals surface area (Å²) in [4.78, 5) is 0. The Morgan fingerprint density at radius 1 is 1.17 bits per heavy atom. The Labute approximate surface area is 179 Å². The highest BCUT2D eigenvalue weighted by molar-refractivity contribution is 5.24. The lowest BCUT2D eigenvalue weighted by Gasteiger charge is -2.58. The number of rotatable bonds is 5. The van der Waals surface area contributed by atoms with Crippen molar-refractivity contribution in [3.8, 4) is 0 Å². The lowest BCUT2D eigenvalue weighted by molar-refractivity contribution is -0.0562. The lowest BCUT2D eigenvalue weighted by atomic mass is 9.47. The van der Waals surface area contributed by atoms with Crippen LogP contribution in [0.3, 0.4) is 0 Å². The largest absolute Gasteiger partial charge is 0.393 e. The maximum atomic E-state index is 11.2. The summed E-state index contributed by atoms with van der Waals surface area (Å²) in [6.45, 7) is 11.3. The second kappa shape index (κ2) is 7.66. The van der Waals surface area contributed by atoms with Crippen molar-refractivity contribution < 1.29 is 10.2 Å². The molecule has 4 aliphatic carbocycles. The van der Waals surface area contributed by atoms with Crippen molar-refractivity contribution in [3.05, 3.63) is 11.6 Å². The first kappa shape index (κ1) is 21.9. The van der Waals surface area contributed by atoms with Gasteiger partial charge in [-0.05, 0) is 106 Å². The standard InChI is InChI=1S/C27H46O2/c1-18(9-8-14-25(2,3)29)24-23(28)17-22-20-12-11-19-10-6-7-15-26(19,4)21(20)13-16-27(22,24)5/h11,18,20-24,28-29H,6-10,12-17H2,1-5H3/t18-,20-,21+,22+,23+,24+,26+,27+/m1/s1. The van der Waals surface area contributed by atoms with Crippen LogP contribution in [0.15, 0.2) is 11.6 Å². The van der Waals surface area contributed by atoms with Crippen LogP contribution >= 0.6 is 0 Å². The predicted molar refractivity (Wildman–Crippen MR) is 121 cm³/mol. The number of hydrogen-bond acceptors (Lipinski definition) is 2. The van der Waals surface area contributed by atoms with Crippen LogP contribution < -0.4 is 0 Å². The zero-order valence-electron chi connectivity index (χ0n) is 19.7. The summed E-state index contributed by atoms with van der Waals surface area (Å²) < 4.78 is 0. The van der Waals surface area contributed by atoms with Crippen LogP contribution in [0.1, 0.15) is 105 Å². The van der Waals surface area contributed by atoms with Crippen LogP contribution in [-0.2, 0) is 0 Å². The SMILES string of the molecule is C[C@H](CCCC(C)(C)O)[C@H]1[C@@H](O)C[C@H]2[C@@H]3CC=C4CCCC[C@]4(C)[C@H]3CC[C@]12C. The molecule has 0 unspecified atom stereocenters. The number of allylic oxidation sites excluding steroid dienone is 2. The topological polar surface area (TPSA) is 40.5 Å². The van der Waals surface area contributed by atoms with Gasteiger partial charge in [0.05, 0.1) is 11.7 Å². The second-order valence-corrected chi connectivity index (χ2v) is 12.5. The van der Waals surface area contributed by atoms with E-state index in [1.807, 2.05) is 13.8 Å². The molecule has 2 nitrogen and oxygen atoms in total. The van der Waals surface area contributed by atoms with Gasteiger partial charge in [0.15, 0.2) is 0 Å². The molecule has 0 bridgehead atoms. The van der Waals surface area contributed by atoms with E-state index in [9.17, 15) is 10.2 Å². The molecule has 0 spiro atoms. The van der Waals surface area contributed by atoms with Gasteiger partial charge in [0.1, 0.15) is 0 Å². The van der Waals surface area contributed by atoms with Gasteiger partial charge in [-0.15, -0.1) is 0 Å². The molecule has 0 aromatic carbocycles. The third-order valence-electron chi connectivity index (χ3n) is 10.2. The van der Waals surface area contributed by atoms with Crippen LogP contribution in [0.5, 0.6) is 0 Å². The van der Waals surface area contributed by atoms with E-state index in [0.29, 0.717) is 28.6 Å². The molecular weight excluding hydrogens is 356 g/mol. The van der Waals surface area contributed by atoms with Crippen molar-refractivity contribution in [1.82, 2.24) is 0 Å². The van der Waals surface area contributed by atoms with Crippen molar-refractivity contribution in [2.24, 2.45) is 40.4 Å². The summed E-state index contributed by atoms with van der Waals surface area (Å²) in [7, 11) is 0. The van der Waals surface area contributed by atoms with Gasteiger partial charge < -0.3 is 10.2 Å². The van der Waals surface area contributed by atoms with Gasteiger partial charge in [0.2, 0.25) is 0 Å². The predicted octanol–water partition coefficient (Wildman–Crippen LogP) is 6.50. The Kier molecular flexibility index (Phi) is 5.78. The second-order valence-electron chi connectivity index (χ2n) is 12.5. The Hall–Kier alpha value is -0.340. The van der Waals surface area contributed by atoms with Gasteiger partial charge in [0, 0.05) is 0 Å². The number of fused-ring (bicyclic) bond motifs is 5. The molecule has 4 aliphatic rings. The van der Waals surface area contributed by atoms with E-state index in [2.05, 4.69) is 26.8 Å². The van der Waals surface area contributed by atoms with Crippen molar-refractivity contribution >= 4 is 0 Å². The Morgan fingerprint density at radius 2 is 1.93 bits per heavy atom. The molecule has 0 aromatic heterocycles. The van der Waals surface area contributed by atoms with Gasteiger partial charge in [-0.2, -0.15) is 0 Å². The Balaban J connectivity index is 1.51. The quantitative estimate of drug-likeness (QED) is 0.515. The molecule has 0 aliphatic heterocycles. The average molecular weight is 403 g/mol. The first-order valence-corrected chi connectivity index (χ1v) is 12.7. The average Bonchev–Trinajstić information content (AvgIpc) is 2.90. The van der Waals surface area contributed by atoms with E-state index in [1.165, 1.54) is 44.9 Å². The first-order chi connectivity index (χ1) is 13.6. The van der Waals surface area contributed by atoms with E-state index < -0.39 is 5.60 Å². The Morgan fingerprint density at radius 3 is 2.66 bits per heavy atom. The van der Waals surface area contributed by atoms with Gasteiger partial charge in [0.25, 0.3) is 0 Å². The van der Waals surface area contributed by atoms with Crippen molar-refractivity contribution in [2.75, 3.05) is 0 Å². The highest BCUT2D eigenvalue weighted by Crippen LogP contribution is 2.67. The maximum Gasteiger partial charge on any atom is 0.0591 e. The minimum absolute atomic E-state index is 0.134. The maximum absolute atomic E-state index is 11.2. The molecule has 0 heterocycles. The van der Waals surface area contributed by atoms with Gasteiger partial charge >= 0.3 is 0 Å². The molecule has 0 saturated heterocycles. The zero-order chi connectivity index (χ0) is 21.0. The minimum atomic E-state index is -0.569. The van der Waals surface area contributed by atoms with Gasteiger partial charge in [-0.3, -0.25) is 0 Å². The van der Waals surface area contributed by atoms with E-state index in [0.717, 1.165) is 37.5 Å². The summed E-state index contributed by atoms with van der Waals surface area (Å²) in [6.07, 6.45) is 16.0. The van der Waals surface area contributed by atoms with Crippen LogP contribution in [-0.4, -0.2) is 21.9 Å². The molecule has 8 atom stereocenters. The molecule has 2 N–H and O–H groups in total. The normalized spacial score (nSPS) is 45.8. The zero-order valence-corrected chi connectivity index (χ0v) is 19.7. The molecule has 3 saturated carbocycles. The summed E-state index contributed by atoms with van der Waals surface area (Å²) in [5, 5.41) is 21.3. The van der Waals surface area contributed by atoms with E-state index in [4.69, 9.17) is 0 Å². The van der Waals surface area contributed by atoms with Gasteiger partial charge in [-0.25, -0.2) is 0 Å². The molecule has 4 rings (SSSR count). The fraction of sp³-hybridized carbons (Fsp3) is 0.926. The lowest BCUT2D eigenvalue weighted by Crippen LogP contribution is -2.50. The third-order valence-corrected chi connectivity index (χ3v) is 10.2. The molecule has 166 valence electrons. The fourth-order valence-corrected chi connectivity index (χ4v) is 8.82. The van der Waals surface area contributed by atoms with E-state index in [1.54, 1.807) is 5.57 Å². The number of hydrogen-bond donors (Lipinski definition) is 2. The summed E-state index contributed by atoms with van der Waals surface area (Å²) in [5.41, 5.74) is 1.96. The smallest absolute Gasteiger partial charge is 0.0591 e. The molecule has 2 heteroatoms. The summed E-state index contributed by atoms with van der Waals surface area (Å²) in [5.74, 6) is 3.29. The molecule has 0 radical (unpaired) electrons. The highest BCUT2D eigenvalue weighted by Gasteiger charge is 2.61. The summed E-state index contributed by atoms with van der Waals surface area (Å²) >= 11 is 0. The van der Waals surface area contributed by atoms with Crippen molar-refractivity contribution in [1.29, 1.82) is 0 Å². The molecule has 29 heavy (non-hydrogen) atoms. The van der Waals surface area contributed by atoms with Crippen LogP contribution in [0.2, 0.25) is 0 Å². The Bertz CT molecular complexity index is 631. The minimum Gasteiger partial charge on any atom is -0.393 e. The molecule has 0 aromatic rings. The first-order valence-electron chi connectivity index (χ1n) is 12.7. The molecule has 0 amide bonds. The van der Waals surface area contributed by atoms with E-state index >= 15 is 0 Å².